The molecule has 0 aliphatic heterocycles. The zero-order valence-corrected chi connectivity index (χ0v) is 17.7. The number of anilines is 2. The van der Waals surface area contributed by atoms with Gasteiger partial charge in [0.05, 0.1) is 5.75 Å². The third-order valence-corrected chi connectivity index (χ3v) is 5.94. The average Bonchev–Trinajstić information content (AvgIpc) is 3.48. The van der Waals surface area contributed by atoms with Gasteiger partial charge in [-0.05, 0) is 74.2 Å². The van der Waals surface area contributed by atoms with Crippen molar-refractivity contribution >= 4 is 35.0 Å². The van der Waals surface area contributed by atoms with Crippen molar-refractivity contribution in [2.24, 2.45) is 5.92 Å². The lowest BCUT2D eigenvalue weighted by atomic mass is 10.1. The molecule has 0 bridgehead atoms. The van der Waals surface area contributed by atoms with Gasteiger partial charge in [0.1, 0.15) is 6.33 Å². The molecule has 1 heterocycles. The molecule has 0 spiro atoms. The number of nitrogens with one attached hydrogen (secondary N) is 2. The van der Waals surface area contributed by atoms with Crippen LogP contribution in [-0.2, 0) is 9.59 Å². The quantitative estimate of drug-likeness (QED) is 0.564. The van der Waals surface area contributed by atoms with E-state index < -0.39 is 0 Å². The predicted octanol–water partition coefficient (Wildman–Crippen LogP) is 3.96. The van der Waals surface area contributed by atoms with E-state index in [0.717, 1.165) is 24.2 Å². The molecule has 0 saturated heterocycles. The zero-order valence-electron chi connectivity index (χ0n) is 16.9. The van der Waals surface area contributed by atoms with Crippen LogP contribution in [0.5, 0.6) is 0 Å². The number of carbonyl (C=O) groups excluding carboxylic acids is 2. The van der Waals surface area contributed by atoms with Gasteiger partial charge in [-0.1, -0.05) is 17.8 Å². The van der Waals surface area contributed by atoms with E-state index in [2.05, 4.69) is 46.8 Å². The van der Waals surface area contributed by atoms with Crippen LogP contribution in [0.15, 0.2) is 53.9 Å². The summed E-state index contributed by atoms with van der Waals surface area (Å²) in [6.45, 7) is 4.13. The fourth-order valence-electron chi connectivity index (χ4n) is 2.93. The molecular formula is C22H23N5O2S. The SMILES string of the molecule is Cc1ccc(-n2cnnc2SCC(=O)Nc2ccc(NC(=O)C3CC3)cc2)cc1C. The summed E-state index contributed by atoms with van der Waals surface area (Å²) in [6.07, 6.45) is 3.59. The Kier molecular flexibility index (Phi) is 5.85. The molecule has 0 atom stereocenters. The van der Waals surface area contributed by atoms with Crippen LogP contribution in [0, 0.1) is 19.8 Å². The molecule has 154 valence electrons. The number of aromatic nitrogens is 3. The minimum atomic E-state index is -0.135. The topological polar surface area (TPSA) is 88.9 Å². The number of thioether (sulfide) groups is 1. The summed E-state index contributed by atoms with van der Waals surface area (Å²) in [6, 6.07) is 13.3. The van der Waals surface area contributed by atoms with Gasteiger partial charge in [-0.2, -0.15) is 0 Å². The fourth-order valence-corrected chi connectivity index (χ4v) is 3.66. The third-order valence-electron chi connectivity index (χ3n) is 5.00. The molecule has 8 heteroatoms. The first-order valence-electron chi connectivity index (χ1n) is 9.81. The minimum absolute atomic E-state index is 0.0658. The molecule has 1 fully saturated rings. The van der Waals surface area contributed by atoms with Crippen LogP contribution in [0.4, 0.5) is 11.4 Å². The number of benzene rings is 2. The van der Waals surface area contributed by atoms with E-state index in [1.807, 2.05) is 10.6 Å². The Labute approximate surface area is 179 Å². The zero-order chi connectivity index (χ0) is 21.1. The van der Waals surface area contributed by atoms with Crippen LogP contribution in [0.3, 0.4) is 0 Å². The molecule has 2 aromatic carbocycles. The van der Waals surface area contributed by atoms with Crippen LogP contribution in [0.1, 0.15) is 24.0 Å². The third kappa shape index (κ3) is 4.88. The first-order chi connectivity index (χ1) is 14.5. The molecule has 30 heavy (non-hydrogen) atoms. The fraction of sp³-hybridized carbons (Fsp3) is 0.273. The standard InChI is InChI=1S/C22H23N5O2S/c1-14-3-10-19(11-15(14)2)27-13-23-26-22(27)30-12-20(28)24-17-6-8-18(9-7-17)25-21(29)16-4-5-16/h3,6-11,13,16H,4-5,12H2,1-2H3,(H,24,28)(H,25,29). The van der Waals surface area contributed by atoms with E-state index in [1.165, 1.54) is 22.9 Å². The smallest absolute Gasteiger partial charge is 0.234 e. The van der Waals surface area contributed by atoms with Crippen LogP contribution < -0.4 is 10.6 Å². The lowest BCUT2D eigenvalue weighted by Gasteiger charge is -2.09. The molecule has 3 aromatic rings. The first-order valence-corrected chi connectivity index (χ1v) is 10.8. The summed E-state index contributed by atoms with van der Waals surface area (Å²) in [5.41, 5.74) is 4.79. The van der Waals surface area contributed by atoms with Crippen molar-refractivity contribution in [3.8, 4) is 5.69 Å². The van der Waals surface area contributed by atoms with Gasteiger partial charge in [0.15, 0.2) is 5.16 Å². The van der Waals surface area contributed by atoms with Crippen molar-refractivity contribution < 1.29 is 9.59 Å². The second-order valence-corrected chi connectivity index (χ2v) is 8.37. The minimum Gasteiger partial charge on any atom is -0.326 e. The number of hydrogen-bond donors (Lipinski definition) is 2. The Morgan fingerprint density at radius 1 is 1.03 bits per heavy atom. The van der Waals surface area contributed by atoms with Crippen LogP contribution >= 0.6 is 11.8 Å². The number of carbonyl (C=O) groups is 2. The largest absolute Gasteiger partial charge is 0.326 e. The normalized spacial score (nSPS) is 13.1. The monoisotopic (exact) mass is 421 g/mol. The Morgan fingerprint density at radius 3 is 2.40 bits per heavy atom. The van der Waals surface area contributed by atoms with Crippen molar-refractivity contribution in [1.82, 2.24) is 14.8 Å². The van der Waals surface area contributed by atoms with Gasteiger partial charge in [0, 0.05) is 23.0 Å². The molecule has 4 rings (SSSR count). The summed E-state index contributed by atoms with van der Waals surface area (Å²) in [7, 11) is 0. The number of rotatable bonds is 7. The molecule has 0 unspecified atom stereocenters. The van der Waals surface area contributed by atoms with E-state index in [-0.39, 0.29) is 23.5 Å². The lowest BCUT2D eigenvalue weighted by Crippen LogP contribution is -2.15. The van der Waals surface area contributed by atoms with Gasteiger partial charge < -0.3 is 10.6 Å². The highest BCUT2D eigenvalue weighted by atomic mass is 32.2. The summed E-state index contributed by atoms with van der Waals surface area (Å²) >= 11 is 1.33. The maximum atomic E-state index is 12.4. The molecular weight excluding hydrogens is 398 g/mol. The Balaban J connectivity index is 1.32. The Hall–Kier alpha value is -3.13. The number of amides is 2. The maximum absolute atomic E-state index is 12.4. The van der Waals surface area contributed by atoms with Crippen LogP contribution in [-0.4, -0.2) is 32.3 Å². The van der Waals surface area contributed by atoms with Gasteiger partial charge in [-0.3, -0.25) is 14.2 Å². The van der Waals surface area contributed by atoms with E-state index >= 15 is 0 Å². The summed E-state index contributed by atoms with van der Waals surface area (Å²) in [5.74, 6) is 0.303. The molecule has 2 amide bonds. The second-order valence-electron chi connectivity index (χ2n) is 7.43. The van der Waals surface area contributed by atoms with Crippen molar-refractivity contribution in [2.45, 2.75) is 31.8 Å². The summed E-state index contributed by atoms with van der Waals surface area (Å²) < 4.78 is 1.88. The van der Waals surface area contributed by atoms with E-state index in [1.54, 1.807) is 30.6 Å². The van der Waals surface area contributed by atoms with Crippen molar-refractivity contribution in [1.29, 1.82) is 0 Å². The van der Waals surface area contributed by atoms with Gasteiger partial charge in [-0.15, -0.1) is 10.2 Å². The molecule has 2 N–H and O–H groups in total. The lowest BCUT2D eigenvalue weighted by molar-refractivity contribution is -0.117. The van der Waals surface area contributed by atoms with E-state index in [9.17, 15) is 9.59 Å². The summed E-state index contributed by atoms with van der Waals surface area (Å²) in [5, 5.41) is 14.5. The van der Waals surface area contributed by atoms with Gasteiger partial charge in [0.2, 0.25) is 11.8 Å². The molecule has 1 aliphatic carbocycles. The maximum Gasteiger partial charge on any atom is 0.234 e. The Bertz CT molecular complexity index is 1070. The van der Waals surface area contributed by atoms with Crippen LogP contribution in [0.25, 0.3) is 5.69 Å². The number of nitrogens with zero attached hydrogens (tertiary/aromatic N) is 3. The Morgan fingerprint density at radius 2 is 1.73 bits per heavy atom. The van der Waals surface area contributed by atoms with Crippen LogP contribution in [0.2, 0.25) is 0 Å². The van der Waals surface area contributed by atoms with Gasteiger partial charge in [-0.25, -0.2) is 0 Å². The first kappa shape index (κ1) is 20.2. The predicted molar refractivity (Wildman–Crippen MR) is 118 cm³/mol. The molecule has 1 saturated carbocycles. The highest BCUT2D eigenvalue weighted by Crippen LogP contribution is 2.30. The second kappa shape index (κ2) is 8.71. The van der Waals surface area contributed by atoms with Crippen molar-refractivity contribution in [3.63, 3.8) is 0 Å². The summed E-state index contributed by atoms with van der Waals surface area (Å²) in [4.78, 5) is 24.2. The molecule has 1 aromatic heterocycles. The van der Waals surface area contributed by atoms with E-state index in [0.29, 0.717) is 10.8 Å². The number of aryl methyl sites for hydroxylation is 2. The highest BCUT2D eigenvalue weighted by molar-refractivity contribution is 7.99. The number of hydrogen-bond acceptors (Lipinski definition) is 5. The van der Waals surface area contributed by atoms with Crippen molar-refractivity contribution in [2.75, 3.05) is 16.4 Å². The molecule has 0 radical (unpaired) electrons. The van der Waals surface area contributed by atoms with Gasteiger partial charge in [0.25, 0.3) is 0 Å². The molecule has 7 nitrogen and oxygen atoms in total. The molecule has 1 aliphatic rings. The average molecular weight is 422 g/mol. The van der Waals surface area contributed by atoms with Gasteiger partial charge >= 0.3 is 0 Å². The highest BCUT2D eigenvalue weighted by Gasteiger charge is 2.29. The van der Waals surface area contributed by atoms with Crippen molar-refractivity contribution in [3.05, 3.63) is 59.9 Å². The van der Waals surface area contributed by atoms with E-state index in [4.69, 9.17) is 0 Å².